The van der Waals surface area contributed by atoms with Gasteiger partial charge in [-0.1, -0.05) is 30.4 Å². The van der Waals surface area contributed by atoms with Crippen molar-refractivity contribution in [3.05, 3.63) is 29.8 Å². The van der Waals surface area contributed by atoms with Crippen molar-refractivity contribution in [1.82, 2.24) is 10.2 Å². The molecule has 0 bridgehead atoms. The van der Waals surface area contributed by atoms with E-state index in [9.17, 15) is 8.42 Å². The van der Waals surface area contributed by atoms with E-state index in [1.54, 1.807) is 12.1 Å². The predicted octanol–water partition coefficient (Wildman–Crippen LogP) is 1.51. The van der Waals surface area contributed by atoms with E-state index >= 15 is 0 Å². The van der Waals surface area contributed by atoms with Crippen molar-refractivity contribution in [3.8, 4) is 0 Å². The molecule has 8 heteroatoms. The van der Waals surface area contributed by atoms with Crippen molar-refractivity contribution in [2.24, 2.45) is 0 Å². The molecule has 0 radical (unpaired) electrons. The molecule has 2 N–H and O–H groups in total. The van der Waals surface area contributed by atoms with Gasteiger partial charge >= 0.3 is 0 Å². The number of nitrogens with two attached hydrogens (primary N) is 1. The van der Waals surface area contributed by atoms with E-state index in [1.165, 1.54) is 11.4 Å². The zero-order valence-corrected chi connectivity index (χ0v) is 12.2. The Morgan fingerprint density at radius 1 is 1.26 bits per heavy atom. The summed E-state index contributed by atoms with van der Waals surface area (Å²) in [5, 5.41) is 7.24. The Kier molecular flexibility index (Phi) is 3.72. The lowest BCUT2D eigenvalue weighted by Gasteiger charge is -2.17. The maximum atomic E-state index is 12.3. The normalized spacial score (nSPS) is 11.5. The van der Waals surface area contributed by atoms with Gasteiger partial charge in [-0.3, -0.25) is 4.31 Å². The lowest BCUT2D eigenvalue weighted by Crippen LogP contribution is -2.26. The number of sulfonamides is 1. The summed E-state index contributed by atoms with van der Waals surface area (Å²) in [6.07, 6.45) is 0.906. The molecule has 0 saturated carbocycles. The molecular formula is C11H14N4O2S2. The van der Waals surface area contributed by atoms with Crippen LogP contribution in [0.25, 0.3) is 0 Å². The van der Waals surface area contributed by atoms with E-state index < -0.39 is 10.0 Å². The summed E-state index contributed by atoms with van der Waals surface area (Å²) >= 11 is 0.851. The number of aryl methyl sites for hydroxylation is 1. The number of hydrogen-bond donors (Lipinski definition) is 1. The molecule has 0 aliphatic heterocycles. The minimum atomic E-state index is -3.69. The van der Waals surface area contributed by atoms with E-state index in [4.69, 9.17) is 5.73 Å². The first-order valence-electron chi connectivity index (χ1n) is 5.62. The van der Waals surface area contributed by atoms with Crippen molar-refractivity contribution >= 4 is 32.2 Å². The highest BCUT2D eigenvalue weighted by Gasteiger charge is 2.25. The lowest BCUT2D eigenvalue weighted by molar-refractivity contribution is 0.592. The number of rotatable bonds is 4. The molecule has 0 aliphatic carbocycles. The number of benzene rings is 1. The molecule has 0 fully saturated rings. The van der Waals surface area contributed by atoms with Gasteiger partial charge in [0.2, 0.25) is 5.13 Å². The fourth-order valence-corrected chi connectivity index (χ4v) is 3.65. The number of nitrogens with zero attached hydrogens (tertiary/aromatic N) is 3. The minimum absolute atomic E-state index is 0.105. The summed E-state index contributed by atoms with van der Waals surface area (Å²) in [6, 6.07) is 7.33. The topological polar surface area (TPSA) is 89.2 Å². The van der Waals surface area contributed by atoms with Crippen LogP contribution in [0.1, 0.15) is 12.5 Å². The number of aromatic nitrogens is 2. The first-order valence-corrected chi connectivity index (χ1v) is 7.87. The van der Waals surface area contributed by atoms with Crippen molar-refractivity contribution in [3.63, 3.8) is 0 Å². The van der Waals surface area contributed by atoms with Gasteiger partial charge in [0.15, 0.2) is 0 Å². The summed E-state index contributed by atoms with van der Waals surface area (Å²) in [4.78, 5) is 0. The van der Waals surface area contributed by atoms with Crippen molar-refractivity contribution in [2.45, 2.75) is 17.7 Å². The van der Waals surface area contributed by atoms with Crippen LogP contribution in [-0.4, -0.2) is 25.7 Å². The van der Waals surface area contributed by atoms with Crippen LogP contribution < -0.4 is 10.0 Å². The SMILES string of the molecule is CCc1ccc(N(C)S(=O)(=O)c2nnc(N)s2)cc1. The maximum Gasteiger partial charge on any atom is 0.293 e. The molecule has 0 spiro atoms. The Labute approximate surface area is 115 Å². The van der Waals surface area contributed by atoms with Crippen LogP contribution in [-0.2, 0) is 16.4 Å². The third-order valence-corrected chi connectivity index (χ3v) is 5.60. The Hall–Kier alpha value is -1.67. The first-order chi connectivity index (χ1) is 8.95. The molecule has 0 aliphatic rings. The molecule has 1 aromatic carbocycles. The van der Waals surface area contributed by atoms with Crippen LogP contribution in [0.15, 0.2) is 28.6 Å². The van der Waals surface area contributed by atoms with Gasteiger partial charge in [0.1, 0.15) is 0 Å². The van der Waals surface area contributed by atoms with Gasteiger partial charge in [0.05, 0.1) is 5.69 Å². The van der Waals surface area contributed by atoms with E-state index in [1.807, 2.05) is 19.1 Å². The summed E-state index contributed by atoms with van der Waals surface area (Å²) in [5.74, 6) is 0. The molecule has 19 heavy (non-hydrogen) atoms. The Balaban J connectivity index is 2.34. The summed E-state index contributed by atoms with van der Waals surface area (Å²) in [5.41, 5.74) is 7.14. The zero-order valence-electron chi connectivity index (χ0n) is 10.6. The van der Waals surface area contributed by atoms with E-state index in [-0.39, 0.29) is 9.47 Å². The predicted molar refractivity (Wildman–Crippen MR) is 75.7 cm³/mol. The van der Waals surface area contributed by atoms with E-state index in [2.05, 4.69) is 10.2 Å². The van der Waals surface area contributed by atoms with Gasteiger partial charge in [-0.05, 0) is 24.1 Å². The third-order valence-electron chi connectivity index (χ3n) is 2.71. The second-order valence-corrected chi connectivity index (χ2v) is 7.05. The number of nitrogen functional groups attached to an aromatic ring is 1. The zero-order chi connectivity index (χ0) is 14.0. The smallest absolute Gasteiger partial charge is 0.293 e. The van der Waals surface area contributed by atoms with Crippen LogP contribution in [0.3, 0.4) is 0 Å². The van der Waals surface area contributed by atoms with E-state index in [0.717, 1.165) is 23.3 Å². The Morgan fingerprint density at radius 3 is 2.37 bits per heavy atom. The van der Waals surface area contributed by atoms with Crippen LogP contribution in [0.2, 0.25) is 0 Å². The summed E-state index contributed by atoms with van der Waals surface area (Å²) in [7, 11) is -2.21. The standard InChI is InChI=1S/C11H14N4O2S2/c1-3-8-4-6-9(7-5-8)15(2)19(16,17)11-14-13-10(12)18-11/h4-7H,3H2,1-2H3,(H2,12,13). The molecule has 0 amide bonds. The molecule has 0 atom stereocenters. The molecule has 0 unspecified atom stereocenters. The molecule has 2 rings (SSSR count). The number of hydrogen-bond acceptors (Lipinski definition) is 6. The van der Waals surface area contributed by atoms with Gasteiger partial charge in [-0.25, -0.2) is 0 Å². The van der Waals surface area contributed by atoms with Gasteiger partial charge in [-0.15, -0.1) is 10.2 Å². The minimum Gasteiger partial charge on any atom is -0.374 e. The molecule has 0 saturated heterocycles. The van der Waals surface area contributed by atoms with Crippen LogP contribution in [0, 0.1) is 0 Å². The maximum absolute atomic E-state index is 12.3. The van der Waals surface area contributed by atoms with Crippen molar-refractivity contribution < 1.29 is 8.42 Å². The molecule has 6 nitrogen and oxygen atoms in total. The first kappa shape index (κ1) is 13.8. The molecule has 1 heterocycles. The fourth-order valence-electron chi connectivity index (χ4n) is 1.52. The average Bonchev–Trinajstić information content (AvgIpc) is 2.85. The quantitative estimate of drug-likeness (QED) is 0.924. The Bertz CT molecular complexity index is 664. The molecular weight excluding hydrogens is 284 g/mol. The van der Waals surface area contributed by atoms with Crippen LogP contribution in [0.5, 0.6) is 0 Å². The van der Waals surface area contributed by atoms with Gasteiger partial charge in [0.25, 0.3) is 14.4 Å². The number of anilines is 2. The monoisotopic (exact) mass is 298 g/mol. The van der Waals surface area contributed by atoms with Crippen LogP contribution in [0.4, 0.5) is 10.8 Å². The summed E-state index contributed by atoms with van der Waals surface area (Å²) in [6.45, 7) is 2.04. The average molecular weight is 298 g/mol. The second kappa shape index (κ2) is 5.14. The van der Waals surface area contributed by atoms with Crippen molar-refractivity contribution in [2.75, 3.05) is 17.1 Å². The Morgan fingerprint density at radius 2 is 1.89 bits per heavy atom. The van der Waals surface area contributed by atoms with E-state index in [0.29, 0.717) is 5.69 Å². The molecule has 1 aromatic heterocycles. The molecule has 2 aromatic rings. The summed E-state index contributed by atoms with van der Waals surface area (Å²) < 4.78 is 25.6. The molecule has 102 valence electrons. The highest BCUT2D eigenvalue weighted by molar-refractivity contribution is 7.94. The van der Waals surface area contributed by atoms with Gasteiger partial charge < -0.3 is 5.73 Å². The fraction of sp³-hybridized carbons (Fsp3) is 0.273. The van der Waals surface area contributed by atoms with Gasteiger partial charge in [-0.2, -0.15) is 8.42 Å². The van der Waals surface area contributed by atoms with Gasteiger partial charge in [0, 0.05) is 7.05 Å². The third kappa shape index (κ3) is 2.69. The van der Waals surface area contributed by atoms with Crippen LogP contribution >= 0.6 is 11.3 Å². The van der Waals surface area contributed by atoms with Crippen molar-refractivity contribution in [1.29, 1.82) is 0 Å². The highest BCUT2D eigenvalue weighted by atomic mass is 32.2. The second-order valence-electron chi connectivity index (χ2n) is 3.90. The largest absolute Gasteiger partial charge is 0.374 e. The lowest BCUT2D eigenvalue weighted by atomic mass is 10.1. The highest BCUT2D eigenvalue weighted by Crippen LogP contribution is 2.25.